The first-order chi connectivity index (χ1) is 9.15. The molecule has 0 amide bonds. The van der Waals surface area contributed by atoms with Gasteiger partial charge in [0, 0.05) is 11.8 Å². The number of carboxylic acid groups (broad SMARTS) is 1. The first-order valence-corrected chi connectivity index (χ1v) is 6.03. The van der Waals surface area contributed by atoms with Crippen molar-refractivity contribution in [2.45, 2.75) is 25.5 Å². The summed E-state index contributed by atoms with van der Waals surface area (Å²) in [6, 6.07) is 7.14. The van der Waals surface area contributed by atoms with E-state index in [1.165, 1.54) is 0 Å². The van der Waals surface area contributed by atoms with Crippen molar-refractivity contribution in [2.24, 2.45) is 0 Å². The number of carbonyl (C=O) groups is 2. The molecule has 2 heterocycles. The number of carboxylic acids is 1. The molecular formula is C13H12N2O4. The van der Waals surface area contributed by atoms with Crippen LogP contribution in [0.2, 0.25) is 0 Å². The van der Waals surface area contributed by atoms with Gasteiger partial charge in [-0.2, -0.15) is 5.10 Å². The molecule has 0 spiro atoms. The quantitative estimate of drug-likeness (QED) is 0.844. The van der Waals surface area contributed by atoms with Gasteiger partial charge in [0.05, 0.1) is 12.1 Å². The number of fused-ring (bicyclic) bond motifs is 1. The topological polar surface area (TPSA) is 81.4 Å². The molecule has 1 N–H and O–H groups in total. The van der Waals surface area contributed by atoms with Gasteiger partial charge in [0.15, 0.2) is 5.69 Å². The van der Waals surface area contributed by atoms with Gasteiger partial charge in [0.25, 0.3) is 0 Å². The predicted molar refractivity (Wildman–Crippen MR) is 65.8 cm³/mol. The molecule has 6 heteroatoms. The van der Waals surface area contributed by atoms with E-state index in [1.807, 2.05) is 12.1 Å². The van der Waals surface area contributed by atoms with Crippen LogP contribution in [0.25, 0.3) is 10.9 Å². The number of carbonyl (C=O) groups excluding carboxylic acids is 1. The Kier molecular flexibility index (Phi) is 2.70. The molecule has 0 aliphatic carbocycles. The van der Waals surface area contributed by atoms with Crippen LogP contribution < -0.4 is 0 Å². The van der Waals surface area contributed by atoms with Crippen molar-refractivity contribution >= 4 is 22.8 Å². The minimum absolute atomic E-state index is 0.0277. The minimum atomic E-state index is -1.06. The second-order valence-corrected chi connectivity index (χ2v) is 4.50. The molecule has 0 saturated carbocycles. The summed E-state index contributed by atoms with van der Waals surface area (Å²) in [5.41, 5.74) is 0.766. The van der Waals surface area contributed by atoms with Crippen molar-refractivity contribution in [3.05, 3.63) is 30.0 Å². The fraction of sp³-hybridized carbons (Fsp3) is 0.308. The van der Waals surface area contributed by atoms with Crippen molar-refractivity contribution in [1.29, 1.82) is 0 Å². The Morgan fingerprint density at radius 1 is 1.47 bits per heavy atom. The Hall–Kier alpha value is -2.37. The van der Waals surface area contributed by atoms with Gasteiger partial charge in [-0.15, -0.1) is 0 Å². The maximum atomic E-state index is 11.2. The number of aromatic carboxylic acids is 1. The van der Waals surface area contributed by atoms with Crippen LogP contribution in [-0.2, 0) is 16.1 Å². The number of esters is 1. The average molecular weight is 260 g/mol. The van der Waals surface area contributed by atoms with Crippen LogP contribution in [0.15, 0.2) is 24.3 Å². The summed E-state index contributed by atoms with van der Waals surface area (Å²) in [5, 5.41) is 13.8. The molecule has 19 heavy (non-hydrogen) atoms. The maximum Gasteiger partial charge on any atom is 0.357 e. The highest BCUT2D eigenvalue weighted by molar-refractivity contribution is 6.01. The fourth-order valence-electron chi connectivity index (χ4n) is 2.33. The van der Waals surface area contributed by atoms with E-state index in [4.69, 9.17) is 9.84 Å². The van der Waals surface area contributed by atoms with E-state index in [0.29, 0.717) is 24.8 Å². The Morgan fingerprint density at radius 2 is 2.26 bits per heavy atom. The summed E-state index contributed by atoms with van der Waals surface area (Å²) >= 11 is 0. The summed E-state index contributed by atoms with van der Waals surface area (Å²) in [6.07, 6.45) is 0.836. The minimum Gasteiger partial charge on any atom is -0.476 e. The first kappa shape index (κ1) is 11.7. The number of hydrogen-bond acceptors (Lipinski definition) is 4. The number of ether oxygens (including phenoxy) is 1. The highest BCUT2D eigenvalue weighted by atomic mass is 16.5. The van der Waals surface area contributed by atoms with Crippen molar-refractivity contribution < 1.29 is 19.4 Å². The molecule has 1 aromatic heterocycles. The number of rotatable bonds is 3. The fourth-order valence-corrected chi connectivity index (χ4v) is 2.33. The third-order valence-electron chi connectivity index (χ3n) is 3.21. The summed E-state index contributed by atoms with van der Waals surface area (Å²) < 4.78 is 6.74. The van der Waals surface area contributed by atoms with Gasteiger partial charge >= 0.3 is 11.9 Å². The van der Waals surface area contributed by atoms with Crippen molar-refractivity contribution in [3.63, 3.8) is 0 Å². The van der Waals surface area contributed by atoms with E-state index in [9.17, 15) is 9.59 Å². The molecule has 1 aliphatic heterocycles. The number of para-hydroxylation sites is 1. The number of nitrogens with zero attached hydrogens (tertiary/aromatic N) is 2. The molecule has 1 aromatic carbocycles. The van der Waals surface area contributed by atoms with Crippen LogP contribution in [0.3, 0.4) is 0 Å². The van der Waals surface area contributed by atoms with Gasteiger partial charge < -0.3 is 9.84 Å². The van der Waals surface area contributed by atoms with Crippen molar-refractivity contribution in [1.82, 2.24) is 9.78 Å². The van der Waals surface area contributed by atoms with Crippen molar-refractivity contribution in [2.75, 3.05) is 0 Å². The summed E-state index contributed by atoms with van der Waals surface area (Å²) in [7, 11) is 0. The molecular weight excluding hydrogens is 248 g/mol. The van der Waals surface area contributed by atoms with Crippen LogP contribution in [0, 0.1) is 0 Å². The summed E-state index contributed by atoms with van der Waals surface area (Å²) in [5.74, 6) is -1.27. The van der Waals surface area contributed by atoms with E-state index in [2.05, 4.69) is 5.10 Å². The van der Waals surface area contributed by atoms with Crippen LogP contribution in [-0.4, -0.2) is 32.9 Å². The molecule has 1 aliphatic rings. The van der Waals surface area contributed by atoms with E-state index in [0.717, 1.165) is 5.52 Å². The maximum absolute atomic E-state index is 11.2. The highest BCUT2D eigenvalue weighted by Crippen LogP contribution is 2.21. The number of benzene rings is 1. The second kappa shape index (κ2) is 4.38. The molecule has 1 fully saturated rings. The summed E-state index contributed by atoms with van der Waals surface area (Å²) in [6.45, 7) is 0.388. The van der Waals surface area contributed by atoms with Crippen LogP contribution in [0.5, 0.6) is 0 Å². The van der Waals surface area contributed by atoms with E-state index in [1.54, 1.807) is 16.8 Å². The lowest BCUT2D eigenvalue weighted by molar-refractivity contribution is -0.141. The molecule has 1 atom stereocenters. The Bertz CT molecular complexity index is 662. The van der Waals surface area contributed by atoms with Crippen LogP contribution >= 0.6 is 0 Å². The standard InChI is InChI=1S/C13H12N2O4/c16-11-6-5-8(19-11)7-15-10-4-2-1-3-9(10)12(14-15)13(17)18/h1-4,8H,5-7H2,(H,17,18). The molecule has 0 bridgehead atoms. The summed E-state index contributed by atoms with van der Waals surface area (Å²) in [4.78, 5) is 22.2. The molecule has 98 valence electrons. The zero-order valence-corrected chi connectivity index (χ0v) is 10.1. The van der Waals surface area contributed by atoms with E-state index in [-0.39, 0.29) is 17.8 Å². The first-order valence-electron chi connectivity index (χ1n) is 6.03. The third-order valence-corrected chi connectivity index (χ3v) is 3.21. The van der Waals surface area contributed by atoms with Crippen molar-refractivity contribution in [3.8, 4) is 0 Å². The lowest BCUT2D eigenvalue weighted by Gasteiger charge is -2.09. The van der Waals surface area contributed by atoms with Crippen LogP contribution in [0.1, 0.15) is 23.3 Å². The van der Waals surface area contributed by atoms with Gasteiger partial charge in [-0.25, -0.2) is 4.79 Å². The third kappa shape index (κ3) is 2.05. The Labute approximate surface area is 108 Å². The number of aromatic nitrogens is 2. The van der Waals surface area contributed by atoms with E-state index >= 15 is 0 Å². The normalized spacial score (nSPS) is 18.7. The molecule has 2 aromatic rings. The van der Waals surface area contributed by atoms with Gasteiger partial charge in [-0.3, -0.25) is 9.48 Å². The molecule has 1 saturated heterocycles. The molecule has 0 radical (unpaired) electrons. The smallest absolute Gasteiger partial charge is 0.357 e. The average Bonchev–Trinajstić information content (AvgIpc) is 2.95. The van der Waals surface area contributed by atoms with Crippen LogP contribution in [0.4, 0.5) is 0 Å². The Balaban J connectivity index is 1.99. The number of cyclic esters (lactones) is 1. The Morgan fingerprint density at radius 3 is 2.95 bits per heavy atom. The zero-order valence-electron chi connectivity index (χ0n) is 10.1. The predicted octanol–water partition coefficient (Wildman–Crippen LogP) is 1.44. The van der Waals surface area contributed by atoms with E-state index < -0.39 is 5.97 Å². The SMILES string of the molecule is O=C1CCC(Cn2nc(C(=O)O)c3ccccc32)O1. The zero-order chi connectivity index (χ0) is 13.4. The van der Waals surface area contributed by atoms with Gasteiger partial charge in [0.1, 0.15) is 6.10 Å². The molecule has 3 rings (SSSR count). The molecule has 1 unspecified atom stereocenters. The van der Waals surface area contributed by atoms with Gasteiger partial charge in [0.2, 0.25) is 0 Å². The van der Waals surface area contributed by atoms with Gasteiger partial charge in [-0.1, -0.05) is 18.2 Å². The lowest BCUT2D eigenvalue weighted by atomic mass is 10.2. The largest absolute Gasteiger partial charge is 0.476 e. The second-order valence-electron chi connectivity index (χ2n) is 4.50. The monoisotopic (exact) mass is 260 g/mol. The highest BCUT2D eigenvalue weighted by Gasteiger charge is 2.25. The lowest BCUT2D eigenvalue weighted by Crippen LogP contribution is -2.17. The molecule has 6 nitrogen and oxygen atoms in total. The number of hydrogen-bond donors (Lipinski definition) is 1. The van der Waals surface area contributed by atoms with Gasteiger partial charge in [-0.05, 0) is 12.5 Å².